The minimum Gasteiger partial charge on any atom is -0.464 e. The molecule has 1 aromatic heterocycles. The molecular weight excluding hydrogens is 236 g/mol. The number of halogens is 1. The third-order valence-electron chi connectivity index (χ3n) is 3.36. The van der Waals surface area contributed by atoms with E-state index in [1.54, 1.807) is 0 Å². The van der Waals surface area contributed by atoms with Crippen molar-refractivity contribution in [1.29, 1.82) is 0 Å². The highest BCUT2D eigenvalue weighted by Gasteiger charge is 2.22. The van der Waals surface area contributed by atoms with Crippen LogP contribution in [0.4, 0.5) is 0 Å². The Balaban J connectivity index is 0.00000108. The van der Waals surface area contributed by atoms with Crippen molar-refractivity contribution in [3.05, 3.63) is 36.1 Å². The Morgan fingerprint density at radius 2 is 2.12 bits per heavy atom. The van der Waals surface area contributed by atoms with Crippen molar-refractivity contribution in [2.75, 3.05) is 20.1 Å². The van der Waals surface area contributed by atoms with Gasteiger partial charge in [0.05, 0.1) is 6.26 Å². The summed E-state index contributed by atoms with van der Waals surface area (Å²) in [6, 6.07) is 8.89. The Hall–Kier alpha value is -1.03. The molecule has 0 unspecified atom stereocenters. The predicted octanol–water partition coefficient (Wildman–Crippen LogP) is 2.26. The summed E-state index contributed by atoms with van der Waals surface area (Å²) in [5, 5.41) is 4.53. The minimum atomic E-state index is 0. The molecule has 0 amide bonds. The minimum absolute atomic E-state index is 0. The van der Waals surface area contributed by atoms with Crippen molar-refractivity contribution < 1.29 is 4.42 Å². The number of fused-ring (bicyclic) bond motifs is 1. The molecule has 1 aliphatic rings. The fourth-order valence-electron chi connectivity index (χ4n) is 2.14. The van der Waals surface area contributed by atoms with Gasteiger partial charge in [-0.3, -0.25) is 4.90 Å². The van der Waals surface area contributed by atoms with Gasteiger partial charge in [0, 0.05) is 36.6 Å². The Labute approximate surface area is 107 Å². The molecule has 1 aliphatic heterocycles. The molecule has 0 bridgehead atoms. The van der Waals surface area contributed by atoms with Gasteiger partial charge in [-0.2, -0.15) is 0 Å². The number of benzene rings is 1. The van der Waals surface area contributed by atoms with Crippen LogP contribution in [0.3, 0.4) is 0 Å². The highest BCUT2D eigenvalue weighted by molar-refractivity contribution is 5.85. The number of para-hydroxylation sites is 1. The second-order valence-corrected chi connectivity index (χ2v) is 4.48. The summed E-state index contributed by atoms with van der Waals surface area (Å²) in [7, 11) is 2.17. The van der Waals surface area contributed by atoms with E-state index >= 15 is 0 Å². The highest BCUT2D eigenvalue weighted by atomic mass is 35.5. The number of furan rings is 1. The summed E-state index contributed by atoms with van der Waals surface area (Å²) in [4.78, 5) is 2.38. The van der Waals surface area contributed by atoms with Crippen molar-refractivity contribution in [1.82, 2.24) is 10.2 Å². The third-order valence-corrected chi connectivity index (χ3v) is 3.36. The molecular formula is C13H17ClN2O. The van der Waals surface area contributed by atoms with Crippen LogP contribution in [0.25, 0.3) is 11.0 Å². The number of hydrogen-bond donors (Lipinski definition) is 1. The monoisotopic (exact) mass is 252 g/mol. The normalized spacial score (nSPS) is 15.9. The Morgan fingerprint density at radius 3 is 2.82 bits per heavy atom. The molecule has 0 atom stereocenters. The fourth-order valence-corrected chi connectivity index (χ4v) is 2.14. The lowest BCUT2D eigenvalue weighted by molar-refractivity contribution is 0.173. The molecule has 0 radical (unpaired) electrons. The molecule has 2 heterocycles. The van der Waals surface area contributed by atoms with E-state index in [0.717, 1.165) is 25.2 Å². The quantitative estimate of drug-likeness (QED) is 0.908. The van der Waals surface area contributed by atoms with E-state index in [1.165, 1.54) is 10.9 Å². The van der Waals surface area contributed by atoms with E-state index in [2.05, 4.69) is 29.4 Å². The average molecular weight is 253 g/mol. The Bertz CT molecular complexity index is 493. The second kappa shape index (κ2) is 5.08. The van der Waals surface area contributed by atoms with E-state index in [4.69, 9.17) is 4.42 Å². The van der Waals surface area contributed by atoms with Crippen molar-refractivity contribution in [2.45, 2.75) is 12.6 Å². The predicted molar refractivity (Wildman–Crippen MR) is 71.6 cm³/mol. The second-order valence-electron chi connectivity index (χ2n) is 4.48. The van der Waals surface area contributed by atoms with Gasteiger partial charge in [-0.15, -0.1) is 12.4 Å². The molecule has 3 nitrogen and oxygen atoms in total. The van der Waals surface area contributed by atoms with Crippen LogP contribution in [0.15, 0.2) is 34.9 Å². The molecule has 1 saturated heterocycles. The molecule has 1 fully saturated rings. The van der Waals surface area contributed by atoms with Gasteiger partial charge in [0.15, 0.2) is 0 Å². The first kappa shape index (κ1) is 12.4. The number of nitrogens with zero attached hydrogens (tertiary/aromatic N) is 1. The number of likely N-dealkylation sites (N-methyl/N-ethyl adjacent to an activating group) is 1. The molecule has 3 rings (SSSR count). The van der Waals surface area contributed by atoms with Crippen LogP contribution in [-0.4, -0.2) is 31.1 Å². The molecule has 0 aliphatic carbocycles. The molecule has 2 aromatic rings. The van der Waals surface area contributed by atoms with Gasteiger partial charge in [0.1, 0.15) is 5.58 Å². The maximum absolute atomic E-state index is 5.54. The third kappa shape index (κ3) is 2.32. The summed E-state index contributed by atoms with van der Waals surface area (Å²) < 4.78 is 5.54. The van der Waals surface area contributed by atoms with E-state index in [1.807, 2.05) is 18.4 Å². The van der Waals surface area contributed by atoms with Gasteiger partial charge < -0.3 is 9.73 Å². The lowest BCUT2D eigenvalue weighted by atomic mass is 10.1. The van der Waals surface area contributed by atoms with Crippen molar-refractivity contribution in [3.63, 3.8) is 0 Å². The zero-order valence-corrected chi connectivity index (χ0v) is 10.7. The summed E-state index contributed by atoms with van der Waals surface area (Å²) in [5.74, 6) is 0. The van der Waals surface area contributed by atoms with Crippen molar-refractivity contribution >= 4 is 23.4 Å². The highest BCUT2D eigenvalue weighted by Crippen LogP contribution is 2.22. The molecule has 4 heteroatoms. The maximum atomic E-state index is 5.54. The van der Waals surface area contributed by atoms with Crippen LogP contribution in [0.1, 0.15) is 5.56 Å². The summed E-state index contributed by atoms with van der Waals surface area (Å²) in [6.07, 6.45) is 1.88. The van der Waals surface area contributed by atoms with E-state index in [9.17, 15) is 0 Å². The van der Waals surface area contributed by atoms with Gasteiger partial charge in [0.2, 0.25) is 0 Å². The fraction of sp³-hybridized carbons (Fsp3) is 0.385. The molecule has 1 N–H and O–H groups in total. The first-order valence-corrected chi connectivity index (χ1v) is 5.70. The topological polar surface area (TPSA) is 28.4 Å². The van der Waals surface area contributed by atoms with Gasteiger partial charge >= 0.3 is 0 Å². The zero-order chi connectivity index (χ0) is 11.0. The summed E-state index contributed by atoms with van der Waals surface area (Å²) in [6.45, 7) is 3.17. The van der Waals surface area contributed by atoms with Gasteiger partial charge in [-0.05, 0) is 13.1 Å². The molecule has 0 spiro atoms. The van der Waals surface area contributed by atoms with E-state index in [0.29, 0.717) is 6.04 Å². The smallest absolute Gasteiger partial charge is 0.134 e. The zero-order valence-electron chi connectivity index (χ0n) is 9.85. The first-order valence-electron chi connectivity index (χ1n) is 5.70. The molecule has 17 heavy (non-hydrogen) atoms. The average Bonchev–Trinajstić information content (AvgIpc) is 2.59. The summed E-state index contributed by atoms with van der Waals surface area (Å²) >= 11 is 0. The lowest BCUT2D eigenvalue weighted by Gasteiger charge is -2.35. The molecule has 92 valence electrons. The van der Waals surface area contributed by atoms with Crippen molar-refractivity contribution in [2.24, 2.45) is 0 Å². The van der Waals surface area contributed by atoms with Gasteiger partial charge in [-0.25, -0.2) is 0 Å². The standard InChI is InChI=1S/C13H16N2O.ClH/c1-15(11-6-14-7-11)8-10-9-16-13-5-3-2-4-12(10)13;/h2-5,9,11,14H,6-8H2,1H3;1H. The van der Waals surface area contributed by atoms with Crippen LogP contribution < -0.4 is 5.32 Å². The van der Waals surface area contributed by atoms with E-state index in [-0.39, 0.29) is 12.4 Å². The van der Waals surface area contributed by atoms with E-state index < -0.39 is 0 Å². The Kier molecular flexibility index (Phi) is 3.72. The largest absolute Gasteiger partial charge is 0.464 e. The SMILES string of the molecule is CN(Cc1coc2ccccc12)C1CNC1.Cl. The van der Waals surface area contributed by atoms with Gasteiger partial charge in [0.25, 0.3) is 0 Å². The summed E-state index contributed by atoms with van der Waals surface area (Å²) in [5.41, 5.74) is 2.27. The van der Waals surface area contributed by atoms with Crippen molar-refractivity contribution in [3.8, 4) is 0 Å². The first-order chi connectivity index (χ1) is 7.84. The number of hydrogen-bond acceptors (Lipinski definition) is 3. The van der Waals surface area contributed by atoms with Crippen LogP contribution in [-0.2, 0) is 6.54 Å². The van der Waals surface area contributed by atoms with Crippen LogP contribution in [0, 0.1) is 0 Å². The van der Waals surface area contributed by atoms with Crippen LogP contribution >= 0.6 is 12.4 Å². The lowest BCUT2D eigenvalue weighted by Crippen LogP contribution is -2.55. The maximum Gasteiger partial charge on any atom is 0.134 e. The molecule has 1 aromatic carbocycles. The van der Waals surface area contributed by atoms with Crippen LogP contribution in [0.5, 0.6) is 0 Å². The Morgan fingerprint density at radius 1 is 1.35 bits per heavy atom. The number of rotatable bonds is 3. The molecule has 0 saturated carbocycles. The van der Waals surface area contributed by atoms with Crippen LogP contribution in [0.2, 0.25) is 0 Å². The van der Waals surface area contributed by atoms with Gasteiger partial charge in [-0.1, -0.05) is 18.2 Å². The number of nitrogens with one attached hydrogen (secondary N) is 1.